The van der Waals surface area contributed by atoms with E-state index in [0.29, 0.717) is 97.2 Å². The number of aromatic hydroxyl groups is 4. The number of phenolic OH excluding ortho intramolecular Hbond substituents is 4. The number of carbonyl (C=O) groups is 6. The smallest absolute Gasteiger partial charge is 0.454 e. The molecule has 6 aromatic rings. The molecule has 0 radical (unpaired) electrons. The Hall–Kier alpha value is -7.20. The summed E-state index contributed by atoms with van der Waals surface area (Å²) in [6.45, 7) is 22.4. The molecule has 588 valence electrons. The highest BCUT2D eigenvalue weighted by atomic mass is 79.9. The summed E-state index contributed by atoms with van der Waals surface area (Å²) in [5, 5.41) is 54.5. The molecule has 3 aliphatic carbocycles. The van der Waals surface area contributed by atoms with Crippen molar-refractivity contribution >= 4 is 107 Å². The minimum Gasteiger partial charge on any atom is -0.543 e. The predicted molar refractivity (Wildman–Crippen MR) is 433 cm³/mol. The molecule has 107 heavy (non-hydrogen) atoms. The number of methoxy groups -OCH3 is 6. The molecule has 3 saturated carbocycles. The number of hydrogen-bond acceptors (Lipinski definition) is 20. The van der Waals surface area contributed by atoms with Gasteiger partial charge in [0.15, 0.2) is 0 Å². The van der Waals surface area contributed by atoms with Crippen LogP contribution in [0.1, 0.15) is 175 Å². The van der Waals surface area contributed by atoms with Gasteiger partial charge >= 0.3 is 42.9 Å². The standard InChI is InChI=1S/C19H30O3Si.C16H25BrO3Si.C13H16O3.2C10H11BrO3.C10H12O3.C3H7BO2/c1-19(2,3)23(5,6)22-16-9-7-8-14(12-13-17(20)21-4)18(16)15-10-11-15;1-16(2,3)21(5,6)20-13-9-7-8-12(15(13)17)10-11-14(18)19-4;1-16-12(15)8-7-9-3-2-4-11(14)13(9)10-5-6-10;1-14-10(13)5-3-7-2-4-8(11)9(12)6-7;1-14-9(13)6-5-7-3-2-4-8(12)10(7)11;1-13-10(12)6-5-8-3-2-4-9(11)7-8;5-4(6)3-1-2-3/h7-9,15H,10-13H2,1-6H3;7-9H,10-11H2,1-6H3;2-4,10,14H,5-8H2,1H3;2,4,6,12H,3,5H2,1H3;2-4,12H,5-6H2,1H3;2-4,7,11H,5-6H2,1H3;3,5-6H,1-2H2. The summed E-state index contributed by atoms with van der Waals surface area (Å²) in [5.74, 6) is 2.90. The molecule has 26 heteroatoms. The van der Waals surface area contributed by atoms with Crippen LogP contribution >= 0.6 is 47.8 Å². The first-order valence-electron chi connectivity index (χ1n) is 35.8. The van der Waals surface area contributed by atoms with E-state index < -0.39 is 23.8 Å². The van der Waals surface area contributed by atoms with E-state index >= 15 is 0 Å². The Labute approximate surface area is 660 Å². The highest BCUT2D eigenvalue weighted by Gasteiger charge is 2.42. The van der Waals surface area contributed by atoms with Crippen LogP contribution < -0.4 is 8.85 Å². The van der Waals surface area contributed by atoms with E-state index in [9.17, 15) is 44.1 Å². The maximum atomic E-state index is 11.5. The van der Waals surface area contributed by atoms with Crippen LogP contribution in [0.2, 0.25) is 42.1 Å². The van der Waals surface area contributed by atoms with Crippen LogP contribution in [0.15, 0.2) is 129 Å². The number of carbonyl (C=O) groups excluding carboxylic acids is 6. The van der Waals surface area contributed by atoms with Crippen LogP contribution in [0, 0.1) is 0 Å². The second-order valence-electron chi connectivity index (χ2n) is 29.1. The molecule has 20 nitrogen and oxygen atoms in total. The normalized spacial score (nSPS) is 12.8. The molecule has 6 aromatic carbocycles. The molecule has 0 heterocycles. The minimum absolute atomic E-state index is 0.147. The van der Waals surface area contributed by atoms with Crippen molar-refractivity contribution in [3.05, 3.63) is 173 Å². The van der Waals surface area contributed by atoms with Crippen LogP contribution in [-0.4, -0.2) is 133 Å². The SMILES string of the molecule is COC(=O)CCc1ccc(Br)c(O)c1.COC(=O)CCc1cccc(O)c1.COC(=O)CCc1cccc(O)c1Br.COC(=O)CCc1cccc(O)c1C1CC1.COC(=O)CCc1cccc(O[Si](C)(C)C(C)(C)C)c1Br.COC(=O)CCc1cccc(O[Si](C)(C)C(C)(C)C)c1C1CC1.OB(O)C1CC1. The van der Waals surface area contributed by atoms with Gasteiger partial charge in [-0.3, -0.25) is 28.8 Å². The zero-order valence-corrected chi connectivity index (χ0v) is 71.8. The molecule has 3 aliphatic rings. The molecular formula is C81H112BBr3O20Si2. The van der Waals surface area contributed by atoms with Gasteiger partial charge in [-0.1, -0.05) is 121 Å². The number of rotatable bonds is 25. The van der Waals surface area contributed by atoms with Gasteiger partial charge < -0.3 is 67.7 Å². The topological polar surface area (TPSA) is 298 Å². The Balaban J connectivity index is 0.000000331. The number of aryl methyl sites for hydroxylation is 6. The van der Waals surface area contributed by atoms with Crippen molar-refractivity contribution < 1.29 is 96.5 Å². The van der Waals surface area contributed by atoms with Crippen molar-refractivity contribution in [1.82, 2.24) is 0 Å². The fourth-order valence-electron chi connectivity index (χ4n) is 9.71. The average molecular weight is 1710 g/mol. The highest BCUT2D eigenvalue weighted by molar-refractivity contribution is 9.11. The van der Waals surface area contributed by atoms with Crippen molar-refractivity contribution in [2.24, 2.45) is 0 Å². The van der Waals surface area contributed by atoms with Crippen molar-refractivity contribution in [3.63, 3.8) is 0 Å². The number of hydrogen-bond donors (Lipinski definition) is 6. The molecule has 0 unspecified atom stereocenters. The van der Waals surface area contributed by atoms with Crippen molar-refractivity contribution in [2.45, 2.75) is 211 Å². The first-order chi connectivity index (χ1) is 50.3. The number of phenols is 4. The first-order valence-corrected chi connectivity index (χ1v) is 44.0. The molecule has 0 atom stereocenters. The van der Waals surface area contributed by atoms with E-state index in [2.05, 4.69) is 157 Å². The molecular weight excluding hydrogens is 1600 g/mol. The van der Waals surface area contributed by atoms with Crippen LogP contribution in [0.25, 0.3) is 0 Å². The summed E-state index contributed by atoms with van der Waals surface area (Å²) < 4.78 is 42.8. The predicted octanol–water partition coefficient (Wildman–Crippen LogP) is 18.0. The van der Waals surface area contributed by atoms with Gasteiger partial charge in [0, 0.05) is 44.1 Å². The Kier molecular flexibility index (Phi) is 40.7. The second kappa shape index (κ2) is 46.3. The highest BCUT2D eigenvalue weighted by Crippen LogP contribution is 2.49. The molecule has 0 aliphatic heterocycles. The van der Waals surface area contributed by atoms with Gasteiger partial charge in [-0.15, -0.1) is 0 Å². The second-order valence-corrected chi connectivity index (χ2v) is 41.0. The Bertz CT molecular complexity index is 3800. The van der Waals surface area contributed by atoms with Crippen LogP contribution in [-0.2, 0) is 95.7 Å². The van der Waals surface area contributed by atoms with Gasteiger partial charge in [0.2, 0.25) is 8.32 Å². The van der Waals surface area contributed by atoms with Crippen molar-refractivity contribution in [3.8, 4) is 34.5 Å². The van der Waals surface area contributed by atoms with Crippen LogP contribution in [0.3, 0.4) is 0 Å². The molecule has 0 amide bonds. The summed E-state index contributed by atoms with van der Waals surface area (Å²) >= 11 is 10.0. The zero-order valence-electron chi connectivity index (χ0n) is 65.0. The first kappa shape index (κ1) is 94.0. The van der Waals surface area contributed by atoms with E-state index in [4.69, 9.17) is 28.7 Å². The summed E-state index contributed by atoms with van der Waals surface area (Å²) in [7, 11) is 3.57. The molecule has 0 saturated heterocycles. The van der Waals surface area contributed by atoms with Gasteiger partial charge in [-0.05, 0) is 253 Å². The molecule has 0 aromatic heterocycles. The number of halogens is 3. The summed E-state index contributed by atoms with van der Waals surface area (Å²) in [6, 6.07) is 35.1. The number of benzene rings is 6. The number of ether oxygens (including phenoxy) is 6. The summed E-state index contributed by atoms with van der Waals surface area (Å²) in [5.41, 5.74) is 8.50. The quantitative estimate of drug-likeness (QED) is 0.0176. The van der Waals surface area contributed by atoms with E-state index in [1.54, 1.807) is 48.5 Å². The molecule has 9 rings (SSSR count). The third kappa shape index (κ3) is 34.9. The van der Waals surface area contributed by atoms with Crippen LogP contribution in [0.4, 0.5) is 0 Å². The van der Waals surface area contributed by atoms with Gasteiger partial charge in [-0.2, -0.15) is 0 Å². The third-order valence-electron chi connectivity index (χ3n) is 18.7. The summed E-state index contributed by atoms with van der Waals surface area (Å²) in [6.07, 6.45) is 12.7. The lowest BCUT2D eigenvalue weighted by Crippen LogP contribution is -2.44. The largest absolute Gasteiger partial charge is 0.543 e. The lowest BCUT2D eigenvalue weighted by molar-refractivity contribution is -0.141. The van der Waals surface area contributed by atoms with Crippen molar-refractivity contribution in [2.75, 3.05) is 42.7 Å². The maximum Gasteiger partial charge on any atom is 0.454 e. The van der Waals surface area contributed by atoms with E-state index in [0.717, 1.165) is 81.5 Å². The van der Waals surface area contributed by atoms with E-state index in [-0.39, 0.29) is 69.0 Å². The van der Waals surface area contributed by atoms with E-state index in [1.165, 1.54) is 66.6 Å². The Morgan fingerprint density at radius 3 is 1.13 bits per heavy atom. The van der Waals surface area contributed by atoms with Gasteiger partial charge in [0.05, 0.1) is 56.1 Å². The summed E-state index contributed by atoms with van der Waals surface area (Å²) in [4.78, 5) is 66.4. The lowest BCUT2D eigenvalue weighted by Gasteiger charge is -2.37. The van der Waals surface area contributed by atoms with Gasteiger partial charge in [0.25, 0.3) is 8.32 Å². The van der Waals surface area contributed by atoms with E-state index in [1.807, 2.05) is 48.5 Å². The Morgan fingerprint density at radius 2 is 0.748 bits per heavy atom. The lowest BCUT2D eigenvalue weighted by atomic mass is 9.84. The molecule has 0 bridgehead atoms. The molecule has 0 spiro atoms. The minimum atomic E-state index is -1.87. The van der Waals surface area contributed by atoms with Gasteiger partial charge in [-0.25, -0.2) is 0 Å². The van der Waals surface area contributed by atoms with Crippen LogP contribution in [0.5, 0.6) is 34.5 Å². The third-order valence-corrected chi connectivity index (χ3v) is 29.9. The van der Waals surface area contributed by atoms with Crippen molar-refractivity contribution in [1.29, 1.82) is 0 Å². The fourth-order valence-corrected chi connectivity index (χ4v) is 13.2. The fraction of sp³-hybridized carbons (Fsp3) is 0.481. The number of esters is 6. The average Bonchev–Trinajstić information content (AvgIpc) is 1.73. The monoisotopic (exact) mass is 1710 g/mol. The molecule has 3 fully saturated rings. The van der Waals surface area contributed by atoms with Gasteiger partial charge in [0.1, 0.15) is 34.5 Å². The molecule has 6 N–H and O–H groups in total. The zero-order chi connectivity index (χ0) is 80.4. The Morgan fingerprint density at radius 1 is 0.402 bits per heavy atom. The maximum absolute atomic E-state index is 11.5.